The Bertz CT molecular complexity index is 569. The molecule has 20 heavy (non-hydrogen) atoms. The second-order valence-corrected chi connectivity index (χ2v) is 5.27. The lowest BCUT2D eigenvalue weighted by molar-refractivity contribution is 0.293. The second-order valence-electron chi connectivity index (χ2n) is 4.80. The van der Waals surface area contributed by atoms with E-state index >= 15 is 0 Å². The Hall–Kier alpha value is -1.91. The van der Waals surface area contributed by atoms with Crippen LogP contribution in [-0.4, -0.2) is 22.0 Å². The van der Waals surface area contributed by atoms with Crippen molar-refractivity contribution in [1.29, 1.82) is 0 Å². The smallest absolute Gasteiger partial charge is 0.115 e. The van der Waals surface area contributed by atoms with Crippen LogP contribution in [0.3, 0.4) is 0 Å². The number of nitrogens with zero attached hydrogens (tertiary/aromatic N) is 1. The van der Waals surface area contributed by atoms with E-state index in [0.717, 1.165) is 12.1 Å². The van der Waals surface area contributed by atoms with Crippen molar-refractivity contribution < 1.29 is 5.11 Å². The Morgan fingerprint density at radius 1 is 1.15 bits per heavy atom. The molecule has 1 unspecified atom stereocenters. The van der Waals surface area contributed by atoms with Crippen molar-refractivity contribution in [3.05, 3.63) is 65.7 Å². The van der Waals surface area contributed by atoms with Gasteiger partial charge in [-0.25, -0.2) is 0 Å². The molecule has 0 saturated heterocycles. The van der Waals surface area contributed by atoms with Gasteiger partial charge in [0.2, 0.25) is 0 Å². The molecule has 0 bridgehead atoms. The van der Waals surface area contributed by atoms with Crippen LogP contribution in [0.1, 0.15) is 17.2 Å². The van der Waals surface area contributed by atoms with Crippen LogP contribution >= 0.6 is 12.2 Å². The first-order valence-corrected chi connectivity index (χ1v) is 6.81. The minimum absolute atomic E-state index is 0.147. The molecular weight excluding hydrogens is 268 g/mol. The van der Waals surface area contributed by atoms with E-state index in [4.69, 9.17) is 18.0 Å². The normalized spacial score (nSPS) is 12.3. The largest absolute Gasteiger partial charge is 0.508 e. The van der Waals surface area contributed by atoms with Crippen molar-refractivity contribution in [2.24, 2.45) is 5.73 Å². The summed E-state index contributed by atoms with van der Waals surface area (Å²) in [7, 11) is 1.99. The summed E-state index contributed by atoms with van der Waals surface area (Å²) in [6.07, 6.45) is 0. The zero-order valence-electron chi connectivity index (χ0n) is 11.4. The van der Waals surface area contributed by atoms with E-state index in [1.807, 2.05) is 37.4 Å². The van der Waals surface area contributed by atoms with Gasteiger partial charge in [0.05, 0.1) is 11.0 Å². The van der Waals surface area contributed by atoms with Gasteiger partial charge in [0.1, 0.15) is 5.75 Å². The van der Waals surface area contributed by atoms with E-state index in [1.54, 1.807) is 12.1 Å². The number of hydrogen-bond donors (Lipinski definition) is 2. The first-order chi connectivity index (χ1) is 9.58. The molecule has 0 aliphatic heterocycles. The number of phenols is 1. The van der Waals surface area contributed by atoms with E-state index in [0.29, 0.717) is 4.99 Å². The quantitative estimate of drug-likeness (QED) is 0.830. The lowest BCUT2D eigenvalue weighted by atomic mass is 10.0. The summed E-state index contributed by atoms with van der Waals surface area (Å²) in [5, 5.41) is 9.37. The third-order valence-corrected chi connectivity index (χ3v) is 3.42. The zero-order valence-corrected chi connectivity index (χ0v) is 12.2. The lowest BCUT2D eigenvalue weighted by Crippen LogP contribution is -2.33. The highest BCUT2D eigenvalue weighted by molar-refractivity contribution is 7.80. The highest BCUT2D eigenvalue weighted by Gasteiger charge is 2.20. The summed E-state index contributed by atoms with van der Waals surface area (Å²) in [5.41, 5.74) is 8.07. The number of hydrogen-bond acceptors (Lipinski definition) is 3. The summed E-state index contributed by atoms with van der Waals surface area (Å²) >= 11 is 5.20. The number of benzene rings is 2. The Balaban J connectivity index is 2.20. The van der Waals surface area contributed by atoms with Crippen molar-refractivity contribution >= 4 is 17.2 Å². The average Bonchev–Trinajstić information content (AvgIpc) is 2.42. The second kappa shape index (κ2) is 6.50. The van der Waals surface area contributed by atoms with Crippen LogP contribution in [0, 0.1) is 0 Å². The summed E-state index contributed by atoms with van der Waals surface area (Å²) in [6.45, 7) is 0.754. The number of aromatic hydroxyl groups is 1. The molecule has 0 radical (unpaired) electrons. The highest BCUT2D eigenvalue weighted by Crippen LogP contribution is 2.23. The summed E-state index contributed by atoms with van der Waals surface area (Å²) in [4.78, 5) is 2.53. The fraction of sp³-hybridized carbons (Fsp3) is 0.188. The molecule has 0 heterocycles. The van der Waals surface area contributed by atoms with Crippen LogP contribution in [0.4, 0.5) is 0 Å². The van der Waals surface area contributed by atoms with Gasteiger partial charge in [-0.1, -0.05) is 54.7 Å². The van der Waals surface area contributed by atoms with Crippen LogP contribution in [0.2, 0.25) is 0 Å². The van der Waals surface area contributed by atoms with Crippen LogP contribution in [-0.2, 0) is 6.54 Å². The van der Waals surface area contributed by atoms with Crippen LogP contribution < -0.4 is 5.73 Å². The molecule has 0 amide bonds. The Morgan fingerprint density at radius 2 is 1.75 bits per heavy atom. The number of likely N-dealkylation sites (N-methyl/N-ethyl adjacent to an activating group) is 1. The molecule has 0 aliphatic rings. The summed E-state index contributed by atoms with van der Waals surface area (Å²) < 4.78 is 0. The number of rotatable bonds is 5. The van der Waals surface area contributed by atoms with Gasteiger partial charge >= 0.3 is 0 Å². The van der Waals surface area contributed by atoms with E-state index in [9.17, 15) is 5.11 Å². The maximum absolute atomic E-state index is 9.37. The van der Waals surface area contributed by atoms with E-state index < -0.39 is 0 Å². The average molecular weight is 286 g/mol. The van der Waals surface area contributed by atoms with Gasteiger partial charge in [0, 0.05) is 6.54 Å². The molecule has 0 aliphatic carbocycles. The third kappa shape index (κ3) is 3.56. The SMILES string of the molecule is CN(Cc1ccccc1)C(C(N)=S)c1ccc(O)cc1. The molecule has 104 valence electrons. The van der Waals surface area contributed by atoms with Gasteiger partial charge < -0.3 is 10.8 Å². The molecule has 2 aromatic rings. The third-order valence-electron chi connectivity index (χ3n) is 3.19. The number of nitrogens with two attached hydrogens (primary N) is 1. The molecule has 1 atom stereocenters. The molecule has 2 rings (SSSR count). The predicted octanol–water partition coefficient (Wildman–Crippen LogP) is 2.85. The van der Waals surface area contributed by atoms with Crippen molar-refractivity contribution in [2.45, 2.75) is 12.6 Å². The molecule has 0 aromatic heterocycles. The first kappa shape index (κ1) is 14.5. The molecule has 3 nitrogen and oxygen atoms in total. The van der Waals surface area contributed by atoms with Crippen molar-refractivity contribution in [1.82, 2.24) is 4.90 Å². The fourth-order valence-electron chi connectivity index (χ4n) is 2.26. The van der Waals surface area contributed by atoms with Crippen molar-refractivity contribution in [2.75, 3.05) is 7.05 Å². The molecular formula is C16H18N2OS. The topological polar surface area (TPSA) is 49.5 Å². The maximum atomic E-state index is 9.37. The minimum atomic E-state index is -0.147. The van der Waals surface area contributed by atoms with E-state index in [2.05, 4.69) is 17.0 Å². The number of thiocarbonyl (C=S) groups is 1. The summed E-state index contributed by atoms with van der Waals surface area (Å²) in [5.74, 6) is 0.237. The number of phenolic OH excluding ortho intramolecular Hbond substituents is 1. The van der Waals surface area contributed by atoms with Crippen molar-refractivity contribution in [3.63, 3.8) is 0 Å². The van der Waals surface area contributed by atoms with Gasteiger partial charge in [-0.2, -0.15) is 0 Å². The fourth-order valence-corrected chi connectivity index (χ4v) is 2.57. The molecule has 0 saturated carbocycles. The van der Waals surface area contributed by atoms with Gasteiger partial charge in [0.15, 0.2) is 0 Å². The predicted molar refractivity (Wildman–Crippen MR) is 85.5 cm³/mol. The van der Waals surface area contributed by atoms with E-state index in [-0.39, 0.29) is 11.8 Å². The molecule has 0 fully saturated rings. The lowest BCUT2D eigenvalue weighted by Gasteiger charge is -2.27. The highest BCUT2D eigenvalue weighted by atomic mass is 32.1. The monoisotopic (exact) mass is 286 g/mol. The van der Waals surface area contributed by atoms with Crippen molar-refractivity contribution in [3.8, 4) is 5.75 Å². The Morgan fingerprint density at radius 3 is 2.30 bits per heavy atom. The molecule has 3 N–H and O–H groups in total. The standard InChI is InChI=1S/C16H18N2OS/c1-18(11-12-5-3-2-4-6-12)15(16(17)20)13-7-9-14(19)10-8-13/h2-10,15,19H,11H2,1H3,(H2,17,20). The van der Waals surface area contributed by atoms with Gasteiger partial charge in [-0.05, 0) is 30.3 Å². The van der Waals surface area contributed by atoms with Gasteiger partial charge in [-0.15, -0.1) is 0 Å². The maximum Gasteiger partial charge on any atom is 0.115 e. The van der Waals surface area contributed by atoms with Gasteiger partial charge in [0.25, 0.3) is 0 Å². The van der Waals surface area contributed by atoms with Gasteiger partial charge in [-0.3, -0.25) is 4.90 Å². The molecule has 4 heteroatoms. The van der Waals surface area contributed by atoms with Crippen LogP contribution in [0.15, 0.2) is 54.6 Å². The van der Waals surface area contributed by atoms with Crippen LogP contribution in [0.5, 0.6) is 5.75 Å². The molecule has 2 aromatic carbocycles. The summed E-state index contributed by atoms with van der Waals surface area (Å²) in [6, 6.07) is 17.0. The van der Waals surface area contributed by atoms with E-state index in [1.165, 1.54) is 5.56 Å². The molecule has 0 spiro atoms. The minimum Gasteiger partial charge on any atom is -0.508 e. The Kier molecular flexibility index (Phi) is 4.71. The first-order valence-electron chi connectivity index (χ1n) is 6.40. The Labute approximate surface area is 124 Å². The van der Waals surface area contributed by atoms with Crippen LogP contribution in [0.25, 0.3) is 0 Å². The zero-order chi connectivity index (χ0) is 14.5.